The van der Waals surface area contributed by atoms with Gasteiger partial charge in [-0.05, 0) is 31.6 Å². The van der Waals surface area contributed by atoms with Gasteiger partial charge in [-0.1, -0.05) is 20.3 Å². The zero-order chi connectivity index (χ0) is 10.8. The van der Waals surface area contributed by atoms with Crippen molar-refractivity contribution < 1.29 is 4.79 Å². The van der Waals surface area contributed by atoms with Gasteiger partial charge >= 0.3 is 0 Å². The molecule has 0 bridgehead atoms. The van der Waals surface area contributed by atoms with Crippen molar-refractivity contribution in [2.24, 2.45) is 16.8 Å². The summed E-state index contributed by atoms with van der Waals surface area (Å²) in [5.41, 5.74) is 0. The van der Waals surface area contributed by atoms with Gasteiger partial charge in [0.1, 0.15) is 11.9 Å². The quantitative estimate of drug-likeness (QED) is 0.758. The Morgan fingerprint density at radius 1 is 1.47 bits per heavy atom. The number of nitrogens with one attached hydrogen (secondary N) is 1. The second kappa shape index (κ2) is 4.33. The van der Waals surface area contributed by atoms with Crippen LogP contribution in [0.25, 0.3) is 0 Å². The number of amidine groups is 1. The lowest BCUT2D eigenvalue weighted by molar-refractivity contribution is -0.120. The van der Waals surface area contributed by atoms with Crippen LogP contribution in [0, 0.1) is 11.8 Å². The Kier molecular flexibility index (Phi) is 3.08. The third kappa shape index (κ3) is 2.21. The average molecular weight is 208 g/mol. The maximum atomic E-state index is 11.6. The molecule has 1 amide bonds. The molecule has 1 N–H and O–H groups in total. The van der Waals surface area contributed by atoms with Crippen LogP contribution >= 0.6 is 0 Å². The number of hydrogen-bond acceptors (Lipinski definition) is 2. The molecule has 1 fully saturated rings. The SMILES string of the molecule is CCCC1N=C(C2CCC(C)C2)NC1=O. The molecule has 3 nitrogen and oxygen atoms in total. The van der Waals surface area contributed by atoms with Gasteiger partial charge in [0.05, 0.1) is 0 Å². The van der Waals surface area contributed by atoms with Crippen molar-refractivity contribution >= 4 is 11.7 Å². The predicted molar refractivity (Wildman–Crippen MR) is 60.8 cm³/mol. The molecule has 84 valence electrons. The van der Waals surface area contributed by atoms with E-state index in [1.54, 1.807) is 0 Å². The van der Waals surface area contributed by atoms with Crippen LogP contribution in [0.15, 0.2) is 4.99 Å². The summed E-state index contributed by atoms with van der Waals surface area (Å²) >= 11 is 0. The molecule has 3 unspecified atom stereocenters. The Balaban J connectivity index is 1.99. The summed E-state index contributed by atoms with van der Waals surface area (Å²) in [4.78, 5) is 16.1. The van der Waals surface area contributed by atoms with Crippen molar-refractivity contribution in [2.45, 2.75) is 52.0 Å². The highest BCUT2D eigenvalue weighted by atomic mass is 16.2. The highest BCUT2D eigenvalue weighted by Gasteiger charge is 2.33. The van der Waals surface area contributed by atoms with Crippen molar-refractivity contribution in [3.8, 4) is 0 Å². The van der Waals surface area contributed by atoms with E-state index in [9.17, 15) is 4.79 Å². The second-order valence-electron chi connectivity index (χ2n) is 4.92. The molecule has 2 rings (SSSR count). The van der Waals surface area contributed by atoms with E-state index in [2.05, 4.69) is 24.2 Å². The summed E-state index contributed by atoms with van der Waals surface area (Å²) in [6, 6.07) is -0.0964. The maximum Gasteiger partial charge on any atom is 0.250 e. The maximum absolute atomic E-state index is 11.6. The highest BCUT2D eigenvalue weighted by Crippen LogP contribution is 2.32. The van der Waals surface area contributed by atoms with Crippen LogP contribution < -0.4 is 5.32 Å². The Morgan fingerprint density at radius 2 is 2.27 bits per heavy atom. The average Bonchev–Trinajstić information content (AvgIpc) is 2.75. The largest absolute Gasteiger partial charge is 0.312 e. The highest BCUT2D eigenvalue weighted by molar-refractivity contribution is 6.06. The normalized spacial score (nSPS) is 35.5. The summed E-state index contributed by atoms with van der Waals surface area (Å²) in [6.07, 6.45) is 5.57. The first-order valence-electron chi connectivity index (χ1n) is 6.09. The first kappa shape index (κ1) is 10.7. The van der Waals surface area contributed by atoms with E-state index in [1.165, 1.54) is 19.3 Å². The standard InChI is InChI=1S/C12H20N2O/c1-3-4-10-12(15)14-11(13-10)9-6-5-8(2)7-9/h8-10H,3-7H2,1-2H3,(H,13,14,15). The van der Waals surface area contributed by atoms with E-state index in [0.29, 0.717) is 5.92 Å². The van der Waals surface area contributed by atoms with Gasteiger partial charge in [-0.25, -0.2) is 0 Å². The number of rotatable bonds is 3. The lowest BCUT2D eigenvalue weighted by Gasteiger charge is -2.08. The smallest absolute Gasteiger partial charge is 0.250 e. The summed E-state index contributed by atoms with van der Waals surface area (Å²) in [7, 11) is 0. The zero-order valence-corrected chi connectivity index (χ0v) is 9.62. The minimum atomic E-state index is -0.0964. The summed E-state index contributed by atoms with van der Waals surface area (Å²) in [5.74, 6) is 2.40. The van der Waals surface area contributed by atoms with Crippen LogP contribution in [-0.2, 0) is 4.79 Å². The van der Waals surface area contributed by atoms with Crippen molar-refractivity contribution in [2.75, 3.05) is 0 Å². The lowest BCUT2D eigenvalue weighted by atomic mass is 10.1. The number of carbonyl (C=O) groups excluding carboxylic acids is 1. The molecule has 0 saturated heterocycles. The number of hydrogen-bond donors (Lipinski definition) is 1. The van der Waals surface area contributed by atoms with Gasteiger partial charge in [-0.3, -0.25) is 9.79 Å². The summed E-state index contributed by atoms with van der Waals surface area (Å²) in [6.45, 7) is 4.37. The molecule has 1 aliphatic heterocycles. The second-order valence-corrected chi connectivity index (χ2v) is 4.92. The number of carbonyl (C=O) groups is 1. The minimum absolute atomic E-state index is 0.0964. The fourth-order valence-corrected chi connectivity index (χ4v) is 2.60. The molecule has 3 heteroatoms. The molecule has 15 heavy (non-hydrogen) atoms. The number of amides is 1. The van der Waals surface area contributed by atoms with E-state index in [1.807, 2.05) is 0 Å². The van der Waals surface area contributed by atoms with Crippen molar-refractivity contribution in [3.63, 3.8) is 0 Å². The predicted octanol–water partition coefficient (Wildman–Crippen LogP) is 2.12. The Hall–Kier alpha value is -0.860. The topological polar surface area (TPSA) is 41.5 Å². The molecule has 0 radical (unpaired) electrons. The first-order chi connectivity index (χ1) is 7.20. The first-order valence-corrected chi connectivity index (χ1v) is 6.09. The van der Waals surface area contributed by atoms with Gasteiger partial charge < -0.3 is 5.32 Å². The molecular formula is C12H20N2O. The summed E-state index contributed by atoms with van der Waals surface area (Å²) < 4.78 is 0. The van der Waals surface area contributed by atoms with Crippen molar-refractivity contribution in [1.29, 1.82) is 0 Å². The lowest BCUT2D eigenvalue weighted by Crippen LogP contribution is -2.32. The Morgan fingerprint density at radius 3 is 2.87 bits per heavy atom. The Bertz CT molecular complexity index is 285. The van der Waals surface area contributed by atoms with Crippen LogP contribution in [0.3, 0.4) is 0 Å². The monoisotopic (exact) mass is 208 g/mol. The molecule has 1 heterocycles. The van der Waals surface area contributed by atoms with Crippen molar-refractivity contribution in [3.05, 3.63) is 0 Å². The van der Waals surface area contributed by atoms with Crippen LogP contribution in [-0.4, -0.2) is 17.8 Å². The molecule has 3 atom stereocenters. The molecule has 2 aliphatic rings. The third-order valence-corrected chi connectivity index (χ3v) is 3.49. The van der Waals surface area contributed by atoms with Gasteiger partial charge in [0.25, 0.3) is 0 Å². The van der Waals surface area contributed by atoms with Gasteiger partial charge in [0.15, 0.2) is 0 Å². The van der Waals surface area contributed by atoms with Crippen LogP contribution in [0.4, 0.5) is 0 Å². The minimum Gasteiger partial charge on any atom is -0.312 e. The molecular weight excluding hydrogens is 188 g/mol. The molecule has 1 saturated carbocycles. The number of aliphatic imine (C=N–C) groups is 1. The van der Waals surface area contributed by atoms with Crippen LogP contribution in [0.1, 0.15) is 46.0 Å². The molecule has 0 spiro atoms. The van der Waals surface area contributed by atoms with E-state index in [0.717, 1.165) is 24.6 Å². The molecule has 1 aliphatic carbocycles. The van der Waals surface area contributed by atoms with E-state index >= 15 is 0 Å². The van der Waals surface area contributed by atoms with Crippen molar-refractivity contribution in [1.82, 2.24) is 5.32 Å². The van der Waals surface area contributed by atoms with Gasteiger partial charge in [-0.2, -0.15) is 0 Å². The van der Waals surface area contributed by atoms with E-state index < -0.39 is 0 Å². The third-order valence-electron chi connectivity index (χ3n) is 3.49. The fourth-order valence-electron chi connectivity index (χ4n) is 2.60. The fraction of sp³-hybridized carbons (Fsp3) is 0.833. The number of nitrogens with zero attached hydrogens (tertiary/aromatic N) is 1. The molecule has 0 aromatic carbocycles. The van der Waals surface area contributed by atoms with Crippen LogP contribution in [0.2, 0.25) is 0 Å². The summed E-state index contributed by atoms with van der Waals surface area (Å²) in [5, 5.41) is 2.96. The molecule has 0 aromatic rings. The zero-order valence-electron chi connectivity index (χ0n) is 9.62. The van der Waals surface area contributed by atoms with Crippen LogP contribution in [0.5, 0.6) is 0 Å². The van der Waals surface area contributed by atoms with E-state index in [4.69, 9.17) is 0 Å². The van der Waals surface area contributed by atoms with Gasteiger partial charge in [0, 0.05) is 5.92 Å². The van der Waals surface area contributed by atoms with Gasteiger partial charge in [0.2, 0.25) is 5.91 Å². The Labute approximate surface area is 91.3 Å². The van der Waals surface area contributed by atoms with E-state index in [-0.39, 0.29) is 11.9 Å². The molecule has 0 aromatic heterocycles. The van der Waals surface area contributed by atoms with Gasteiger partial charge in [-0.15, -0.1) is 0 Å².